The van der Waals surface area contributed by atoms with Crippen molar-refractivity contribution in [2.75, 3.05) is 0 Å². The number of rotatable bonds is 15. The Morgan fingerprint density at radius 1 is 0.615 bits per heavy atom. The Hall–Kier alpha value is -5.61. The molecule has 0 spiro atoms. The Morgan fingerprint density at radius 3 is 1.94 bits per heavy atom. The summed E-state index contributed by atoms with van der Waals surface area (Å²) in [5, 5.41) is 6.00. The maximum absolute atomic E-state index is 13.9. The summed E-state index contributed by atoms with van der Waals surface area (Å²) in [6, 6.07) is 39.5. The normalized spacial score (nSPS) is 12.2. The van der Waals surface area contributed by atoms with Crippen molar-refractivity contribution >= 4 is 38.3 Å². The molecule has 7 rings (SSSR count). The summed E-state index contributed by atoms with van der Waals surface area (Å²) in [7, 11) is 0. The van der Waals surface area contributed by atoms with Crippen LogP contribution in [0.4, 0.5) is 0 Å². The van der Waals surface area contributed by atoms with Gasteiger partial charge in [0, 0.05) is 16.2 Å². The van der Waals surface area contributed by atoms with E-state index in [4.69, 9.17) is 14.2 Å². The third-order valence-corrected chi connectivity index (χ3v) is 9.86. The standard InChI is InChI=1S/C48H46O4/c1-4-6-19-33(3)20-17-29-40-38(28-7-5-2)39-32-31-34-23-18-30-41-42(34)43(39)44(45(40)50-36-24-13-9-14-25-36)47(51-37-26-15-10-16-27-37)46(41)52-48(49)35-21-11-8-12-22-35/h6,8-16,18-19,21-27,30-33H,4-5,7,17,20,28-29H2,1-3H3. The van der Waals surface area contributed by atoms with Crippen molar-refractivity contribution in [3.63, 3.8) is 0 Å². The predicted octanol–water partition coefficient (Wildman–Crippen LogP) is 13.7. The molecule has 4 heteroatoms. The highest BCUT2D eigenvalue weighted by Crippen LogP contribution is 2.55. The fraction of sp³-hybridized carbons (Fsp3) is 0.229. The van der Waals surface area contributed by atoms with E-state index in [0.717, 1.165) is 83.4 Å². The molecule has 0 saturated heterocycles. The first-order valence-electron chi connectivity index (χ1n) is 18.7. The highest BCUT2D eigenvalue weighted by molar-refractivity contribution is 6.29. The molecule has 0 heterocycles. The summed E-state index contributed by atoms with van der Waals surface area (Å²) in [6.07, 6.45) is 11.6. The Kier molecular flexibility index (Phi) is 10.8. The molecule has 0 fully saturated rings. The number of benzene rings is 7. The molecule has 0 aliphatic rings. The molecule has 0 aliphatic heterocycles. The first kappa shape index (κ1) is 34.8. The van der Waals surface area contributed by atoms with Crippen LogP contribution >= 0.6 is 0 Å². The Bertz CT molecular complexity index is 2290. The second-order valence-electron chi connectivity index (χ2n) is 13.6. The van der Waals surface area contributed by atoms with Crippen LogP contribution in [0.5, 0.6) is 28.7 Å². The van der Waals surface area contributed by atoms with E-state index < -0.39 is 5.97 Å². The van der Waals surface area contributed by atoms with E-state index in [1.165, 1.54) is 16.5 Å². The summed E-state index contributed by atoms with van der Waals surface area (Å²) in [5.74, 6) is 3.03. The van der Waals surface area contributed by atoms with Gasteiger partial charge in [0.2, 0.25) is 0 Å². The number of esters is 1. The zero-order valence-corrected chi connectivity index (χ0v) is 30.4. The first-order valence-corrected chi connectivity index (χ1v) is 18.7. The number of aryl methyl sites for hydroxylation is 1. The lowest BCUT2D eigenvalue weighted by Gasteiger charge is -2.26. The average molecular weight is 687 g/mol. The van der Waals surface area contributed by atoms with Crippen LogP contribution in [-0.4, -0.2) is 5.97 Å². The van der Waals surface area contributed by atoms with Gasteiger partial charge in [-0.2, -0.15) is 0 Å². The minimum Gasteiger partial charge on any atom is -0.456 e. The third-order valence-electron chi connectivity index (χ3n) is 9.86. The first-order chi connectivity index (χ1) is 25.6. The van der Waals surface area contributed by atoms with Crippen LogP contribution in [0.25, 0.3) is 32.3 Å². The van der Waals surface area contributed by atoms with Crippen LogP contribution in [0.3, 0.4) is 0 Å². The van der Waals surface area contributed by atoms with Crippen molar-refractivity contribution in [2.45, 2.75) is 65.7 Å². The molecule has 0 bridgehead atoms. The lowest BCUT2D eigenvalue weighted by Crippen LogP contribution is -2.10. The summed E-state index contributed by atoms with van der Waals surface area (Å²) >= 11 is 0. The Morgan fingerprint density at radius 2 is 1.27 bits per heavy atom. The molecule has 1 atom stereocenters. The largest absolute Gasteiger partial charge is 0.456 e. The van der Waals surface area contributed by atoms with Gasteiger partial charge in [-0.3, -0.25) is 0 Å². The van der Waals surface area contributed by atoms with Gasteiger partial charge in [0.25, 0.3) is 0 Å². The Labute approximate surface area is 307 Å². The van der Waals surface area contributed by atoms with Crippen LogP contribution in [0, 0.1) is 5.92 Å². The number of hydrogen-bond acceptors (Lipinski definition) is 4. The monoisotopic (exact) mass is 686 g/mol. The van der Waals surface area contributed by atoms with Crippen LogP contribution < -0.4 is 14.2 Å². The minimum absolute atomic E-state index is 0.381. The number of unbranched alkanes of at least 4 members (excludes halogenated alkanes) is 1. The highest BCUT2D eigenvalue weighted by atomic mass is 16.6. The van der Waals surface area contributed by atoms with E-state index in [2.05, 4.69) is 51.1 Å². The van der Waals surface area contributed by atoms with Gasteiger partial charge in [-0.1, -0.05) is 124 Å². The number of para-hydroxylation sites is 2. The van der Waals surface area contributed by atoms with Crippen molar-refractivity contribution in [1.82, 2.24) is 0 Å². The lowest BCUT2D eigenvalue weighted by atomic mass is 9.84. The molecule has 4 nitrogen and oxygen atoms in total. The molecule has 7 aromatic carbocycles. The van der Waals surface area contributed by atoms with Crippen molar-refractivity contribution in [1.29, 1.82) is 0 Å². The molecular weight excluding hydrogens is 641 g/mol. The number of carbonyl (C=O) groups excluding carboxylic acids is 1. The van der Waals surface area contributed by atoms with Crippen molar-refractivity contribution in [3.05, 3.63) is 150 Å². The van der Waals surface area contributed by atoms with Crippen molar-refractivity contribution in [2.24, 2.45) is 5.92 Å². The smallest absolute Gasteiger partial charge is 0.343 e. The average Bonchev–Trinajstić information content (AvgIpc) is 3.18. The summed E-state index contributed by atoms with van der Waals surface area (Å²) in [6.45, 7) is 6.73. The van der Waals surface area contributed by atoms with Gasteiger partial charge >= 0.3 is 5.97 Å². The van der Waals surface area contributed by atoms with Crippen LogP contribution in [0.15, 0.2) is 133 Å². The molecule has 262 valence electrons. The number of carbonyl (C=O) groups is 1. The maximum atomic E-state index is 13.9. The van der Waals surface area contributed by atoms with E-state index in [9.17, 15) is 4.79 Å². The van der Waals surface area contributed by atoms with Crippen molar-refractivity contribution in [3.8, 4) is 28.7 Å². The molecule has 0 amide bonds. The predicted molar refractivity (Wildman–Crippen MR) is 215 cm³/mol. The fourth-order valence-electron chi connectivity index (χ4n) is 7.31. The van der Waals surface area contributed by atoms with E-state index in [-0.39, 0.29) is 0 Å². The summed E-state index contributed by atoms with van der Waals surface area (Å²) in [4.78, 5) is 13.9. The highest BCUT2D eigenvalue weighted by Gasteiger charge is 2.30. The molecule has 0 N–H and O–H groups in total. The molecule has 1 unspecified atom stereocenters. The van der Waals surface area contributed by atoms with Gasteiger partial charge in [-0.25, -0.2) is 4.79 Å². The summed E-state index contributed by atoms with van der Waals surface area (Å²) in [5.41, 5.74) is 2.98. The second-order valence-corrected chi connectivity index (χ2v) is 13.6. The SMILES string of the molecule is CCC=CC(C)CCCc1c(CCCC)c2ccc3cccc4c(OC(=O)c5ccccc5)c(Oc5ccccc5)c(c1Oc1ccccc1)c2c34. The van der Waals surface area contributed by atoms with Gasteiger partial charge in [-0.15, -0.1) is 0 Å². The van der Waals surface area contributed by atoms with E-state index in [1.807, 2.05) is 91.0 Å². The van der Waals surface area contributed by atoms with Gasteiger partial charge in [0.1, 0.15) is 17.2 Å². The molecule has 0 saturated carbocycles. The van der Waals surface area contributed by atoms with Crippen LogP contribution in [0.2, 0.25) is 0 Å². The minimum atomic E-state index is -0.447. The molecule has 52 heavy (non-hydrogen) atoms. The van der Waals surface area contributed by atoms with Gasteiger partial charge in [0.15, 0.2) is 11.5 Å². The van der Waals surface area contributed by atoms with E-state index >= 15 is 0 Å². The van der Waals surface area contributed by atoms with Crippen molar-refractivity contribution < 1.29 is 19.0 Å². The zero-order valence-electron chi connectivity index (χ0n) is 30.4. The van der Waals surface area contributed by atoms with Crippen LogP contribution in [0.1, 0.15) is 74.4 Å². The molecule has 7 aromatic rings. The third kappa shape index (κ3) is 7.25. The maximum Gasteiger partial charge on any atom is 0.343 e. The fourth-order valence-corrected chi connectivity index (χ4v) is 7.31. The van der Waals surface area contributed by atoms with Gasteiger partial charge in [-0.05, 0) is 103 Å². The lowest BCUT2D eigenvalue weighted by molar-refractivity contribution is 0.0733. The molecular formula is C48H46O4. The number of ether oxygens (including phenoxy) is 3. The van der Waals surface area contributed by atoms with Crippen LogP contribution in [-0.2, 0) is 12.8 Å². The quantitative estimate of drug-likeness (QED) is 0.0466. The van der Waals surface area contributed by atoms with E-state index in [0.29, 0.717) is 28.7 Å². The Balaban J connectivity index is 1.57. The number of allylic oxidation sites excluding steroid dienone is 2. The molecule has 0 aromatic heterocycles. The number of hydrogen-bond donors (Lipinski definition) is 0. The van der Waals surface area contributed by atoms with Gasteiger partial charge in [0.05, 0.1) is 10.9 Å². The zero-order chi connectivity index (χ0) is 35.9. The van der Waals surface area contributed by atoms with Gasteiger partial charge < -0.3 is 14.2 Å². The van der Waals surface area contributed by atoms with E-state index in [1.54, 1.807) is 12.1 Å². The summed E-state index contributed by atoms with van der Waals surface area (Å²) < 4.78 is 20.5. The topological polar surface area (TPSA) is 44.8 Å². The molecule has 0 aliphatic carbocycles. The second kappa shape index (κ2) is 16.2. The molecule has 0 radical (unpaired) electrons.